The third-order valence-corrected chi connectivity index (χ3v) is 7.85. The summed E-state index contributed by atoms with van der Waals surface area (Å²) in [6.45, 7) is 3.93. The molecule has 8 nitrogen and oxygen atoms in total. The molecule has 2 aliphatic rings. The number of likely N-dealkylation sites (tertiary alicyclic amines) is 1. The Hall–Kier alpha value is -3.70. The van der Waals surface area contributed by atoms with Crippen molar-refractivity contribution >= 4 is 5.97 Å². The van der Waals surface area contributed by atoms with Gasteiger partial charge in [0.2, 0.25) is 5.82 Å². The van der Waals surface area contributed by atoms with Gasteiger partial charge in [-0.1, -0.05) is 36.3 Å². The van der Waals surface area contributed by atoms with Gasteiger partial charge in [-0.25, -0.2) is 0 Å². The first-order chi connectivity index (χ1) is 18.5. The molecule has 2 unspecified atom stereocenters. The molecule has 8 heteroatoms. The Bertz CT molecular complexity index is 1290. The molecule has 0 radical (unpaired) electrons. The van der Waals surface area contributed by atoms with Crippen molar-refractivity contribution < 1.29 is 19.2 Å². The summed E-state index contributed by atoms with van der Waals surface area (Å²) >= 11 is 0. The average molecular weight is 515 g/mol. The molecule has 1 saturated carbocycles. The van der Waals surface area contributed by atoms with Gasteiger partial charge in [-0.05, 0) is 81.2 Å². The van der Waals surface area contributed by atoms with E-state index in [0.29, 0.717) is 34.6 Å². The maximum absolute atomic E-state index is 11.1. The van der Waals surface area contributed by atoms with E-state index in [4.69, 9.17) is 14.4 Å². The highest BCUT2D eigenvalue weighted by Gasteiger charge is 2.28. The number of nitrogens with zero attached hydrogens (tertiary/aromatic N) is 4. The van der Waals surface area contributed by atoms with Gasteiger partial charge in [0.1, 0.15) is 11.8 Å². The summed E-state index contributed by atoms with van der Waals surface area (Å²) < 4.78 is 11.6. The van der Waals surface area contributed by atoms with Crippen LogP contribution in [0.4, 0.5) is 0 Å². The number of carbonyl (C=O) groups is 1. The highest BCUT2D eigenvalue weighted by atomic mass is 16.5. The van der Waals surface area contributed by atoms with Crippen molar-refractivity contribution in [3.05, 3.63) is 53.6 Å². The Kier molecular flexibility index (Phi) is 8.04. The lowest BCUT2D eigenvalue weighted by atomic mass is 9.87. The number of nitriles is 1. The predicted octanol–water partition coefficient (Wildman–Crippen LogP) is 6.06. The second-order valence-corrected chi connectivity index (χ2v) is 10.5. The van der Waals surface area contributed by atoms with Crippen LogP contribution in [0.15, 0.2) is 47.0 Å². The topological polar surface area (TPSA) is 112 Å². The molecule has 0 amide bonds. The van der Waals surface area contributed by atoms with E-state index in [1.165, 1.54) is 18.4 Å². The average Bonchev–Trinajstić information content (AvgIpc) is 3.63. The number of hydrogen-bond donors (Lipinski definition) is 1. The summed E-state index contributed by atoms with van der Waals surface area (Å²) in [6.07, 6.45) is 7.73. The fourth-order valence-electron chi connectivity index (χ4n) is 5.74. The summed E-state index contributed by atoms with van der Waals surface area (Å²) in [5.74, 6) is 1.04. The lowest BCUT2D eigenvalue weighted by Gasteiger charge is -2.39. The summed E-state index contributed by atoms with van der Waals surface area (Å²) in [5, 5.41) is 23.0. The summed E-state index contributed by atoms with van der Waals surface area (Å²) in [7, 11) is 0. The maximum atomic E-state index is 11.1. The largest absolute Gasteiger partial charge is 0.489 e. The third-order valence-electron chi connectivity index (χ3n) is 7.85. The summed E-state index contributed by atoms with van der Waals surface area (Å²) in [6, 6.07) is 16.2. The molecule has 2 atom stereocenters. The molecule has 1 N–H and O–H groups in total. The molecule has 2 aromatic carbocycles. The zero-order valence-corrected chi connectivity index (χ0v) is 21.8. The molecule has 38 heavy (non-hydrogen) atoms. The van der Waals surface area contributed by atoms with Crippen molar-refractivity contribution in [2.75, 3.05) is 6.54 Å². The number of piperidine rings is 1. The van der Waals surface area contributed by atoms with Gasteiger partial charge in [0.05, 0.1) is 11.7 Å². The third kappa shape index (κ3) is 6.05. The molecule has 1 aromatic heterocycles. The fourth-order valence-corrected chi connectivity index (χ4v) is 5.74. The second kappa shape index (κ2) is 11.8. The fraction of sp³-hybridized carbons (Fsp3) is 0.467. The number of hydrogen-bond acceptors (Lipinski definition) is 7. The van der Waals surface area contributed by atoms with Gasteiger partial charge in [0.15, 0.2) is 0 Å². The smallest absolute Gasteiger partial charge is 0.303 e. The van der Waals surface area contributed by atoms with Gasteiger partial charge in [0.25, 0.3) is 5.89 Å². The number of carboxylic acids is 1. The summed E-state index contributed by atoms with van der Waals surface area (Å²) in [5.41, 5.74) is 3.21. The molecule has 1 aliphatic carbocycles. The van der Waals surface area contributed by atoms with E-state index in [1.807, 2.05) is 24.3 Å². The Labute approximate surface area is 223 Å². The first-order valence-corrected chi connectivity index (χ1v) is 13.6. The van der Waals surface area contributed by atoms with Crippen LogP contribution in [0.1, 0.15) is 69.4 Å². The van der Waals surface area contributed by atoms with Crippen molar-refractivity contribution in [2.45, 2.75) is 77.0 Å². The highest BCUT2D eigenvalue weighted by Crippen LogP contribution is 2.31. The highest BCUT2D eigenvalue weighted by molar-refractivity contribution is 5.67. The van der Waals surface area contributed by atoms with Gasteiger partial charge in [-0.15, -0.1) is 0 Å². The quantitative estimate of drug-likeness (QED) is 0.367. The first-order valence-electron chi connectivity index (χ1n) is 13.6. The minimum atomic E-state index is -0.700. The molecule has 2 heterocycles. The Morgan fingerprint density at radius 2 is 1.92 bits per heavy atom. The van der Waals surface area contributed by atoms with Gasteiger partial charge in [-0.2, -0.15) is 10.2 Å². The second-order valence-electron chi connectivity index (χ2n) is 10.5. The van der Waals surface area contributed by atoms with Gasteiger partial charge in [-0.3, -0.25) is 9.69 Å². The Balaban J connectivity index is 1.24. The van der Waals surface area contributed by atoms with Gasteiger partial charge in [0, 0.05) is 30.1 Å². The molecular weight excluding hydrogens is 480 g/mol. The molecule has 0 spiro atoms. The van der Waals surface area contributed by atoms with Crippen molar-refractivity contribution in [1.29, 1.82) is 5.26 Å². The molecule has 5 rings (SSSR count). The van der Waals surface area contributed by atoms with Crippen LogP contribution in [-0.4, -0.2) is 44.8 Å². The van der Waals surface area contributed by atoms with E-state index in [0.717, 1.165) is 50.8 Å². The van der Waals surface area contributed by atoms with Crippen LogP contribution in [0.5, 0.6) is 5.75 Å². The van der Waals surface area contributed by atoms with Crippen LogP contribution in [0.3, 0.4) is 0 Å². The molecular formula is C30H34N4O4. The lowest BCUT2D eigenvalue weighted by molar-refractivity contribution is -0.138. The van der Waals surface area contributed by atoms with E-state index in [-0.39, 0.29) is 18.4 Å². The van der Waals surface area contributed by atoms with E-state index in [1.54, 1.807) is 6.07 Å². The SMILES string of the molecule is CCC1CC(CC(=O)O)CCN1Cc1ccc(-c2noc(-c3ccc(OC4CCCC4)c(C#N)c3)n2)cc1. The van der Waals surface area contributed by atoms with Gasteiger partial charge < -0.3 is 14.4 Å². The van der Waals surface area contributed by atoms with Crippen LogP contribution < -0.4 is 4.74 Å². The minimum Gasteiger partial charge on any atom is -0.489 e. The summed E-state index contributed by atoms with van der Waals surface area (Å²) in [4.78, 5) is 18.2. The van der Waals surface area contributed by atoms with Gasteiger partial charge >= 0.3 is 5.97 Å². The molecule has 1 aliphatic heterocycles. The zero-order chi connectivity index (χ0) is 26.5. The molecule has 198 valence electrons. The van der Waals surface area contributed by atoms with E-state index in [9.17, 15) is 10.1 Å². The van der Waals surface area contributed by atoms with Crippen LogP contribution in [0.2, 0.25) is 0 Å². The number of carboxylic acid groups (broad SMARTS) is 1. The van der Waals surface area contributed by atoms with E-state index < -0.39 is 5.97 Å². The van der Waals surface area contributed by atoms with Crippen LogP contribution >= 0.6 is 0 Å². The standard InChI is InChI=1S/C30H34N4O4/c1-2-25-15-21(16-28(35)36)13-14-34(25)19-20-7-9-22(10-8-20)29-32-30(38-33-29)23-11-12-27(24(17-23)18-31)37-26-5-3-4-6-26/h7-12,17,21,25-26H,2-6,13-16,19H2,1H3,(H,35,36). The normalized spacial score (nSPS) is 20.3. The number of aromatic nitrogens is 2. The van der Waals surface area contributed by atoms with E-state index >= 15 is 0 Å². The number of ether oxygens (including phenoxy) is 1. The van der Waals surface area contributed by atoms with Crippen molar-refractivity contribution in [3.8, 4) is 34.7 Å². The number of benzene rings is 2. The van der Waals surface area contributed by atoms with Crippen LogP contribution in [0, 0.1) is 17.2 Å². The van der Waals surface area contributed by atoms with Crippen LogP contribution in [0.25, 0.3) is 22.8 Å². The minimum absolute atomic E-state index is 0.183. The van der Waals surface area contributed by atoms with Crippen molar-refractivity contribution in [2.24, 2.45) is 5.92 Å². The zero-order valence-electron chi connectivity index (χ0n) is 21.8. The Morgan fingerprint density at radius 1 is 1.16 bits per heavy atom. The predicted molar refractivity (Wildman–Crippen MR) is 142 cm³/mol. The lowest BCUT2D eigenvalue weighted by Crippen LogP contribution is -2.42. The maximum Gasteiger partial charge on any atom is 0.303 e. The molecule has 2 fully saturated rings. The molecule has 1 saturated heterocycles. The van der Waals surface area contributed by atoms with Crippen LogP contribution in [-0.2, 0) is 11.3 Å². The first kappa shape index (κ1) is 25.9. The van der Waals surface area contributed by atoms with Crippen molar-refractivity contribution in [1.82, 2.24) is 15.0 Å². The monoisotopic (exact) mass is 514 g/mol. The van der Waals surface area contributed by atoms with E-state index in [2.05, 4.69) is 40.2 Å². The molecule has 3 aromatic rings. The van der Waals surface area contributed by atoms with Crippen molar-refractivity contribution in [3.63, 3.8) is 0 Å². The molecule has 0 bridgehead atoms. The Morgan fingerprint density at radius 3 is 2.63 bits per heavy atom. The number of rotatable bonds is 9. The number of aliphatic carboxylic acids is 1.